The number of hydrogen-bond acceptors (Lipinski definition) is 7. The largest absolute Gasteiger partial charge is 0.464 e. The first-order valence-electron chi connectivity index (χ1n) is 11.3. The average Bonchev–Trinajstić information content (AvgIpc) is 2.81. The van der Waals surface area contributed by atoms with Crippen LogP contribution in [0, 0.1) is 5.41 Å². The van der Waals surface area contributed by atoms with Gasteiger partial charge in [0.1, 0.15) is 6.04 Å². The maximum Gasteiger partial charge on any atom is 0.328 e. The van der Waals surface area contributed by atoms with Crippen molar-refractivity contribution in [1.29, 1.82) is 0 Å². The highest BCUT2D eigenvalue weighted by Crippen LogP contribution is 2.48. The molecule has 4 N–H and O–H groups in total. The highest BCUT2D eigenvalue weighted by atomic mass is 16.5. The summed E-state index contributed by atoms with van der Waals surface area (Å²) in [6.07, 6.45) is 8.77. The molecule has 0 bridgehead atoms. The molecular weight excluding hydrogens is 404 g/mol. The first-order chi connectivity index (χ1) is 15.5. The third-order valence-corrected chi connectivity index (χ3v) is 6.37. The van der Waals surface area contributed by atoms with Crippen LogP contribution in [0.5, 0.6) is 0 Å². The van der Waals surface area contributed by atoms with Crippen molar-refractivity contribution < 1.29 is 14.3 Å². The number of pyridine rings is 1. The third kappa shape index (κ3) is 4.47. The van der Waals surface area contributed by atoms with E-state index in [2.05, 4.69) is 15.6 Å². The minimum Gasteiger partial charge on any atom is -0.464 e. The van der Waals surface area contributed by atoms with E-state index in [0.717, 1.165) is 49.1 Å². The molecule has 0 unspecified atom stereocenters. The summed E-state index contributed by atoms with van der Waals surface area (Å²) in [5.41, 5.74) is 8.83. The molecule has 0 aliphatic heterocycles. The summed E-state index contributed by atoms with van der Waals surface area (Å²) in [6, 6.07) is 10.8. The predicted molar refractivity (Wildman–Crippen MR) is 124 cm³/mol. The Hall–Kier alpha value is -3.35. The number of nitrogens with one attached hydrogen (secondary N) is 2. The zero-order chi connectivity index (χ0) is 22.6. The number of carbonyl (C=O) groups is 2. The number of nitrogens with two attached hydrogens (primary N) is 1. The lowest BCUT2D eigenvalue weighted by molar-refractivity contribution is -0.146. The Morgan fingerprint density at radius 1 is 1.19 bits per heavy atom. The van der Waals surface area contributed by atoms with Crippen LogP contribution in [0.2, 0.25) is 0 Å². The topological polar surface area (TPSA) is 106 Å². The average molecular weight is 435 g/mol. The molecule has 0 radical (unpaired) electrons. The highest BCUT2D eigenvalue weighted by molar-refractivity contribution is 6.05. The van der Waals surface area contributed by atoms with E-state index < -0.39 is 11.5 Å². The van der Waals surface area contributed by atoms with Crippen molar-refractivity contribution in [3.05, 3.63) is 59.9 Å². The molecule has 0 amide bonds. The number of esters is 1. The van der Waals surface area contributed by atoms with Gasteiger partial charge >= 0.3 is 5.97 Å². The molecule has 1 saturated carbocycles. The van der Waals surface area contributed by atoms with E-state index in [4.69, 9.17) is 10.5 Å². The van der Waals surface area contributed by atoms with Gasteiger partial charge in [0.15, 0.2) is 11.6 Å². The number of nitrogens with zero attached hydrogens (tertiary/aromatic N) is 1. The van der Waals surface area contributed by atoms with Gasteiger partial charge in [0.05, 0.1) is 17.7 Å². The number of aromatic nitrogens is 1. The van der Waals surface area contributed by atoms with Gasteiger partial charge < -0.3 is 21.1 Å². The smallest absolute Gasteiger partial charge is 0.328 e. The van der Waals surface area contributed by atoms with Crippen molar-refractivity contribution in [3.63, 3.8) is 0 Å². The number of hydrogen-bond donors (Lipinski definition) is 3. The number of carbonyl (C=O) groups excluding carboxylic acids is 2. The Kier molecular flexibility index (Phi) is 6.44. The van der Waals surface area contributed by atoms with Gasteiger partial charge in [0.2, 0.25) is 0 Å². The highest BCUT2D eigenvalue weighted by Gasteiger charge is 2.49. The fourth-order valence-corrected chi connectivity index (χ4v) is 4.56. The van der Waals surface area contributed by atoms with Crippen LogP contribution in [0.15, 0.2) is 54.4 Å². The first-order valence-corrected chi connectivity index (χ1v) is 11.3. The molecule has 2 aliphatic carbocycles. The molecule has 168 valence electrons. The molecule has 32 heavy (non-hydrogen) atoms. The fourth-order valence-electron chi connectivity index (χ4n) is 4.56. The summed E-state index contributed by atoms with van der Waals surface area (Å²) < 4.78 is 5.32. The Morgan fingerprint density at radius 3 is 2.59 bits per heavy atom. The second-order valence-electron chi connectivity index (χ2n) is 8.48. The molecule has 2 aromatic rings. The quantitative estimate of drug-likeness (QED) is 0.541. The van der Waals surface area contributed by atoms with Gasteiger partial charge in [-0.2, -0.15) is 0 Å². The number of ether oxygens (including phenoxy) is 1. The van der Waals surface area contributed by atoms with Gasteiger partial charge in [0.25, 0.3) is 0 Å². The summed E-state index contributed by atoms with van der Waals surface area (Å²) in [7, 11) is 0. The van der Waals surface area contributed by atoms with Gasteiger partial charge in [0, 0.05) is 30.1 Å². The Balaban J connectivity index is 1.46. The number of allylic oxidation sites excluding steroid dienone is 2. The molecule has 1 atom stereocenters. The van der Waals surface area contributed by atoms with Crippen LogP contribution in [-0.4, -0.2) is 29.4 Å². The van der Waals surface area contributed by atoms with Crippen LogP contribution in [0.25, 0.3) is 0 Å². The molecule has 1 spiro atoms. The van der Waals surface area contributed by atoms with Crippen LogP contribution < -0.4 is 16.4 Å². The predicted octanol–water partition coefficient (Wildman–Crippen LogP) is 3.89. The fraction of sp³-hybridized carbons (Fsp3) is 0.400. The molecular formula is C25H30N4O3. The van der Waals surface area contributed by atoms with E-state index in [1.54, 1.807) is 31.3 Å². The maximum absolute atomic E-state index is 12.7. The summed E-state index contributed by atoms with van der Waals surface area (Å²) in [4.78, 5) is 29.3. The van der Waals surface area contributed by atoms with Crippen molar-refractivity contribution >= 4 is 28.9 Å². The normalized spacial score (nSPS) is 17.8. The minimum atomic E-state index is -0.543. The Morgan fingerprint density at radius 2 is 1.94 bits per heavy atom. The summed E-state index contributed by atoms with van der Waals surface area (Å²) in [6.45, 7) is 2.11. The summed E-state index contributed by atoms with van der Waals surface area (Å²) in [5, 5.41) is 6.56. The van der Waals surface area contributed by atoms with E-state index in [0.29, 0.717) is 24.5 Å². The summed E-state index contributed by atoms with van der Waals surface area (Å²) in [5.74, 6) is 0.486. The van der Waals surface area contributed by atoms with Crippen LogP contribution >= 0.6 is 0 Å². The van der Waals surface area contributed by atoms with Crippen LogP contribution in [0.3, 0.4) is 0 Å². The number of nitrogen functional groups attached to an aromatic ring is 1. The van der Waals surface area contributed by atoms with Gasteiger partial charge in [-0.1, -0.05) is 31.4 Å². The third-order valence-electron chi connectivity index (χ3n) is 6.37. The molecule has 1 aromatic carbocycles. The zero-order valence-corrected chi connectivity index (χ0v) is 18.4. The van der Waals surface area contributed by atoms with Gasteiger partial charge in [-0.15, -0.1) is 0 Å². The zero-order valence-electron chi connectivity index (χ0n) is 18.4. The van der Waals surface area contributed by atoms with Crippen molar-refractivity contribution in [2.75, 3.05) is 17.7 Å². The van der Waals surface area contributed by atoms with Crippen molar-refractivity contribution in [3.8, 4) is 0 Å². The molecule has 1 heterocycles. The molecule has 1 aromatic heterocycles. The van der Waals surface area contributed by atoms with Crippen LogP contribution in [0.1, 0.15) is 44.6 Å². The lowest BCUT2D eigenvalue weighted by Crippen LogP contribution is -2.52. The van der Waals surface area contributed by atoms with E-state index >= 15 is 0 Å². The maximum atomic E-state index is 12.7. The first kappa shape index (κ1) is 21.9. The van der Waals surface area contributed by atoms with E-state index in [1.807, 2.05) is 24.3 Å². The van der Waals surface area contributed by atoms with Crippen LogP contribution in [-0.2, 0) is 20.7 Å². The molecule has 0 saturated heterocycles. The SMILES string of the molecule is CCOC(=O)[C@H](Cc1ccc(Nc2ncccc2N)cc1)NC1=CC(=O)C12CCCCC2. The Labute approximate surface area is 188 Å². The number of ketones is 1. The number of rotatable bonds is 8. The molecule has 7 heteroatoms. The second-order valence-corrected chi connectivity index (χ2v) is 8.48. The van der Waals surface area contributed by atoms with E-state index in [1.165, 1.54) is 0 Å². The standard InChI is InChI=1S/C25H30N4O3/c1-2-32-24(31)20(29-21-16-22(30)25(21)12-4-3-5-13-25)15-17-8-10-18(11-9-17)28-23-19(26)7-6-14-27-23/h6-11,14,16,20,29H,2-5,12-13,15,26H2,1H3,(H,27,28)/t20-/m0/s1. The molecule has 7 nitrogen and oxygen atoms in total. The monoisotopic (exact) mass is 434 g/mol. The lowest BCUT2D eigenvalue weighted by Gasteiger charge is -2.44. The van der Waals surface area contributed by atoms with Gasteiger partial charge in [-0.05, 0) is 49.6 Å². The van der Waals surface area contributed by atoms with E-state index in [-0.39, 0.29) is 11.8 Å². The number of benzene rings is 1. The van der Waals surface area contributed by atoms with Crippen LogP contribution in [0.4, 0.5) is 17.2 Å². The van der Waals surface area contributed by atoms with Gasteiger partial charge in [-0.3, -0.25) is 4.79 Å². The molecule has 2 aliphatic rings. The second kappa shape index (κ2) is 9.42. The minimum absolute atomic E-state index is 0.187. The number of anilines is 3. The van der Waals surface area contributed by atoms with Crippen molar-refractivity contribution in [2.45, 2.75) is 51.5 Å². The summed E-state index contributed by atoms with van der Waals surface area (Å²) >= 11 is 0. The van der Waals surface area contributed by atoms with E-state index in [9.17, 15) is 9.59 Å². The molecule has 1 fully saturated rings. The molecule has 4 rings (SSSR count). The van der Waals surface area contributed by atoms with Gasteiger partial charge in [-0.25, -0.2) is 9.78 Å². The lowest BCUT2D eigenvalue weighted by atomic mass is 9.62. The van der Waals surface area contributed by atoms with Crippen molar-refractivity contribution in [1.82, 2.24) is 10.3 Å². The van der Waals surface area contributed by atoms with Crippen molar-refractivity contribution in [2.24, 2.45) is 5.41 Å². The Bertz CT molecular complexity index is 1010.